The van der Waals surface area contributed by atoms with Crippen molar-refractivity contribution in [1.82, 2.24) is 4.90 Å². The molecule has 1 amide bonds. The quantitative estimate of drug-likeness (QED) is 0.694. The van der Waals surface area contributed by atoms with Crippen LogP contribution in [0, 0.1) is 0 Å². The zero-order valence-electron chi connectivity index (χ0n) is 16.3. The van der Waals surface area contributed by atoms with Crippen molar-refractivity contribution in [2.75, 3.05) is 36.4 Å². The van der Waals surface area contributed by atoms with Gasteiger partial charge in [-0.2, -0.15) is 0 Å². The fraction of sp³-hybridized carbons (Fsp3) is 0.208. The van der Waals surface area contributed by atoms with Crippen LogP contribution in [0.5, 0.6) is 5.75 Å². The number of piperazine rings is 1. The van der Waals surface area contributed by atoms with E-state index >= 15 is 0 Å². The molecule has 0 bridgehead atoms. The first-order valence-electron chi connectivity index (χ1n) is 9.91. The number of anilines is 2. The smallest absolute Gasteiger partial charge is 0.410 e. The summed E-state index contributed by atoms with van der Waals surface area (Å²) in [7, 11) is 0. The Balaban J connectivity index is 1.27. The molecule has 3 aromatic rings. The summed E-state index contributed by atoms with van der Waals surface area (Å²) in [6, 6.07) is 27.6. The summed E-state index contributed by atoms with van der Waals surface area (Å²) in [4.78, 5) is 16.9. The zero-order valence-corrected chi connectivity index (χ0v) is 16.3. The van der Waals surface area contributed by atoms with Crippen LogP contribution in [0.4, 0.5) is 16.2 Å². The number of para-hydroxylation sites is 1. The molecule has 1 fully saturated rings. The molecule has 1 heterocycles. The third kappa shape index (κ3) is 5.36. The van der Waals surface area contributed by atoms with Crippen LogP contribution in [0.1, 0.15) is 5.56 Å². The third-order valence-corrected chi connectivity index (χ3v) is 5.05. The fourth-order valence-electron chi connectivity index (χ4n) is 3.50. The van der Waals surface area contributed by atoms with Crippen LogP contribution in [0.15, 0.2) is 84.9 Å². The zero-order chi connectivity index (χ0) is 19.9. The normalized spacial score (nSPS) is 14.4. The molecule has 5 nitrogen and oxygen atoms in total. The maximum Gasteiger partial charge on any atom is 0.417 e. The minimum Gasteiger partial charge on any atom is -0.410 e. The molecule has 0 aromatic heterocycles. The summed E-state index contributed by atoms with van der Waals surface area (Å²) >= 11 is 0. The van der Waals surface area contributed by atoms with Gasteiger partial charge in [-0.05, 0) is 42.0 Å². The van der Waals surface area contributed by atoms with Crippen LogP contribution in [-0.4, -0.2) is 37.2 Å². The first kappa shape index (κ1) is 19.0. The molecule has 1 aliphatic heterocycles. The van der Waals surface area contributed by atoms with Gasteiger partial charge >= 0.3 is 6.09 Å². The Kier molecular flexibility index (Phi) is 6.07. The molecule has 0 spiro atoms. The number of benzene rings is 3. The number of hydrogen-bond acceptors (Lipinski definition) is 4. The molecule has 3 aromatic carbocycles. The molecule has 148 valence electrons. The second-order valence-electron chi connectivity index (χ2n) is 7.12. The van der Waals surface area contributed by atoms with Gasteiger partial charge in [-0.1, -0.05) is 48.5 Å². The minimum atomic E-state index is -0.488. The van der Waals surface area contributed by atoms with Crippen molar-refractivity contribution >= 4 is 17.5 Å². The highest BCUT2D eigenvalue weighted by Crippen LogP contribution is 2.20. The number of nitrogens with zero attached hydrogens (tertiary/aromatic N) is 2. The maximum atomic E-state index is 12.0. The van der Waals surface area contributed by atoms with Crippen molar-refractivity contribution in [3.05, 3.63) is 90.5 Å². The molecular formula is C24H25N3O2. The van der Waals surface area contributed by atoms with E-state index in [1.165, 1.54) is 11.3 Å². The average Bonchev–Trinajstić information content (AvgIpc) is 2.76. The van der Waals surface area contributed by atoms with E-state index in [9.17, 15) is 4.79 Å². The molecular weight excluding hydrogens is 362 g/mol. The van der Waals surface area contributed by atoms with Crippen molar-refractivity contribution in [3.63, 3.8) is 0 Å². The van der Waals surface area contributed by atoms with Gasteiger partial charge < -0.3 is 9.64 Å². The molecule has 5 heteroatoms. The lowest BCUT2D eigenvalue weighted by Gasteiger charge is -2.36. The summed E-state index contributed by atoms with van der Waals surface area (Å²) in [6.07, 6.45) is -0.488. The van der Waals surface area contributed by atoms with Crippen LogP contribution < -0.4 is 15.0 Å². The predicted octanol–water partition coefficient (Wildman–Crippen LogP) is 4.62. The second kappa shape index (κ2) is 9.26. The van der Waals surface area contributed by atoms with Crippen LogP contribution in [0.3, 0.4) is 0 Å². The van der Waals surface area contributed by atoms with Crippen molar-refractivity contribution in [3.8, 4) is 5.75 Å². The van der Waals surface area contributed by atoms with Crippen molar-refractivity contribution in [1.29, 1.82) is 0 Å². The molecule has 1 saturated heterocycles. The first-order chi connectivity index (χ1) is 14.3. The van der Waals surface area contributed by atoms with Gasteiger partial charge in [0.25, 0.3) is 0 Å². The summed E-state index contributed by atoms with van der Waals surface area (Å²) in [5, 5.41) is 2.77. The Morgan fingerprint density at radius 2 is 1.41 bits per heavy atom. The van der Waals surface area contributed by atoms with Crippen LogP contribution in [-0.2, 0) is 6.54 Å². The Morgan fingerprint density at radius 3 is 2.07 bits per heavy atom. The Hall–Kier alpha value is -3.31. The fourth-order valence-corrected chi connectivity index (χ4v) is 3.50. The largest absolute Gasteiger partial charge is 0.417 e. The van der Waals surface area contributed by atoms with E-state index in [2.05, 4.69) is 45.4 Å². The van der Waals surface area contributed by atoms with Gasteiger partial charge in [0, 0.05) is 44.1 Å². The molecule has 1 N–H and O–H groups in total. The van der Waals surface area contributed by atoms with Crippen molar-refractivity contribution < 1.29 is 9.53 Å². The molecule has 0 aliphatic carbocycles. The molecule has 0 unspecified atom stereocenters. The number of amides is 1. The summed E-state index contributed by atoms with van der Waals surface area (Å²) in [6.45, 7) is 5.07. The SMILES string of the molecule is O=C(Nc1ccc(N2CCN(Cc3ccccc3)CC2)cc1)Oc1ccccc1. The molecule has 4 rings (SSSR count). The average molecular weight is 387 g/mol. The van der Waals surface area contributed by atoms with Gasteiger partial charge in [-0.15, -0.1) is 0 Å². The van der Waals surface area contributed by atoms with E-state index in [1.54, 1.807) is 12.1 Å². The van der Waals surface area contributed by atoms with Crippen molar-refractivity contribution in [2.24, 2.45) is 0 Å². The van der Waals surface area contributed by atoms with E-state index in [4.69, 9.17) is 4.74 Å². The number of carbonyl (C=O) groups excluding carboxylic acids is 1. The van der Waals surface area contributed by atoms with Gasteiger partial charge in [0.2, 0.25) is 0 Å². The second-order valence-corrected chi connectivity index (χ2v) is 7.12. The topological polar surface area (TPSA) is 44.8 Å². The number of rotatable bonds is 5. The van der Waals surface area contributed by atoms with E-state index in [-0.39, 0.29) is 0 Å². The van der Waals surface area contributed by atoms with E-state index in [1.807, 2.05) is 42.5 Å². The molecule has 1 aliphatic rings. The highest BCUT2D eigenvalue weighted by Gasteiger charge is 2.17. The summed E-state index contributed by atoms with van der Waals surface area (Å²) < 4.78 is 5.26. The number of carbonyl (C=O) groups is 1. The Bertz CT molecular complexity index is 906. The standard InChI is InChI=1S/C24H25N3O2/c28-24(29-23-9-5-2-6-10-23)25-21-11-13-22(14-12-21)27-17-15-26(16-18-27)19-20-7-3-1-4-8-20/h1-14H,15-19H2,(H,25,28). The number of nitrogens with one attached hydrogen (secondary N) is 1. The van der Waals surface area contributed by atoms with Gasteiger partial charge in [0.05, 0.1) is 0 Å². The number of ether oxygens (including phenoxy) is 1. The van der Waals surface area contributed by atoms with Gasteiger partial charge in [-0.25, -0.2) is 4.79 Å². The van der Waals surface area contributed by atoms with Crippen LogP contribution >= 0.6 is 0 Å². The van der Waals surface area contributed by atoms with Crippen molar-refractivity contribution in [2.45, 2.75) is 6.54 Å². The van der Waals surface area contributed by atoms with Gasteiger partial charge in [0.15, 0.2) is 0 Å². The van der Waals surface area contributed by atoms with Crippen LogP contribution in [0.2, 0.25) is 0 Å². The minimum absolute atomic E-state index is 0.488. The highest BCUT2D eigenvalue weighted by molar-refractivity contribution is 5.86. The lowest BCUT2D eigenvalue weighted by molar-refractivity contribution is 0.215. The monoisotopic (exact) mass is 387 g/mol. The Labute approximate surface area is 171 Å². The van der Waals surface area contributed by atoms with E-state index < -0.39 is 6.09 Å². The predicted molar refractivity (Wildman–Crippen MR) is 116 cm³/mol. The highest BCUT2D eigenvalue weighted by atomic mass is 16.6. The molecule has 0 saturated carbocycles. The maximum absolute atomic E-state index is 12.0. The molecule has 0 radical (unpaired) electrons. The Morgan fingerprint density at radius 1 is 0.793 bits per heavy atom. The van der Waals surface area contributed by atoms with Gasteiger partial charge in [-0.3, -0.25) is 10.2 Å². The molecule has 0 atom stereocenters. The van der Waals surface area contributed by atoms with E-state index in [0.29, 0.717) is 5.75 Å². The third-order valence-electron chi connectivity index (χ3n) is 5.05. The lowest BCUT2D eigenvalue weighted by Crippen LogP contribution is -2.45. The number of hydrogen-bond donors (Lipinski definition) is 1. The van der Waals surface area contributed by atoms with E-state index in [0.717, 1.165) is 38.4 Å². The van der Waals surface area contributed by atoms with Gasteiger partial charge in [0.1, 0.15) is 5.75 Å². The lowest BCUT2D eigenvalue weighted by atomic mass is 10.2. The summed E-state index contributed by atoms with van der Waals surface area (Å²) in [5.74, 6) is 0.523. The molecule has 29 heavy (non-hydrogen) atoms. The van der Waals surface area contributed by atoms with Crippen LogP contribution in [0.25, 0.3) is 0 Å². The first-order valence-corrected chi connectivity index (χ1v) is 9.91. The summed E-state index contributed by atoms with van der Waals surface area (Å²) in [5.41, 5.74) is 3.25.